The van der Waals surface area contributed by atoms with Crippen LogP contribution in [-0.2, 0) is 9.59 Å². The summed E-state index contributed by atoms with van der Waals surface area (Å²) >= 11 is 0. The molecule has 7 heteroatoms. The fourth-order valence-electron chi connectivity index (χ4n) is 1.93. The van der Waals surface area contributed by atoms with Crippen molar-refractivity contribution < 1.29 is 19.8 Å². The number of carboxylic acid groups (broad SMARTS) is 1. The number of carbonyl (C=O) groups is 2. The third-order valence-corrected chi connectivity index (χ3v) is 3.03. The van der Waals surface area contributed by atoms with Gasteiger partial charge in [-0.25, -0.2) is 0 Å². The van der Waals surface area contributed by atoms with Crippen molar-refractivity contribution in [3.63, 3.8) is 0 Å². The van der Waals surface area contributed by atoms with Crippen molar-refractivity contribution in [2.24, 2.45) is 0 Å². The van der Waals surface area contributed by atoms with Crippen LogP contribution < -0.4 is 5.32 Å². The third-order valence-electron chi connectivity index (χ3n) is 3.03. The Morgan fingerprint density at radius 3 is 2.33 bits per heavy atom. The summed E-state index contributed by atoms with van der Waals surface area (Å²) < 4.78 is 0. The van der Waals surface area contributed by atoms with Crippen molar-refractivity contribution in [2.45, 2.75) is 45.4 Å². The standard InChI is InChI=1S/C14H28N2O4.Na/c1-2-3-4-5-6-7-13(18)15-8-9-16(10-11-17)12-14(19)20;/h17H,2-12H2,1H3,(H,15,18)(H,19,20);. The van der Waals surface area contributed by atoms with E-state index in [9.17, 15) is 9.59 Å². The van der Waals surface area contributed by atoms with Gasteiger partial charge in [0.15, 0.2) is 0 Å². The van der Waals surface area contributed by atoms with E-state index in [1.807, 2.05) is 0 Å². The van der Waals surface area contributed by atoms with E-state index in [1.165, 1.54) is 19.3 Å². The number of aliphatic hydroxyl groups excluding tert-OH is 1. The molecule has 1 amide bonds. The molecule has 119 valence electrons. The van der Waals surface area contributed by atoms with Crippen LogP contribution in [0.3, 0.4) is 0 Å². The van der Waals surface area contributed by atoms with Crippen LogP contribution in [0.15, 0.2) is 0 Å². The number of aliphatic hydroxyl groups is 1. The minimum absolute atomic E-state index is 0. The average molecular weight is 311 g/mol. The quantitative estimate of drug-likeness (QED) is 0.340. The van der Waals surface area contributed by atoms with E-state index in [0.717, 1.165) is 12.8 Å². The fourth-order valence-corrected chi connectivity index (χ4v) is 1.93. The molecule has 0 saturated carbocycles. The summed E-state index contributed by atoms with van der Waals surface area (Å²) in [6.45, 7) is 3.11. The first-order valence-corrected chi connectivity index (χ1v) is 7.41. The van der Waals surface area contributed by atoms with Crippen molar-refractivity contribution in [3.8, 4) is 0 Å². The Morgan fingerprint density at radius 1 is 1.10 bits per heavy atom. The topological polar surface area (TPSA) is 89.9 Å². The van der Waals surface area contributed by atoms with Crippen LogP contribution in [0.5, 0.6) is 0 Å². The predicted octanol–water partition coefficient (Wildman–Crippen LogP) is 0.461. The van der Waals surface area contributed by atoms with Gasteiger partial charge in [-0.2, -0.15) is 0 Å². The summed E-state index contributed by atoms with van der Waals surface area (Å²) in [6.07, 6.45) is 6.09. The molecule has 0 unspecified atom stereocenters. The van der Waals surface area contributed by atoms with Gasteiger partial charge in [-0.05, 0) is 6.42 Å². The van der Waals surface area contributed by atoms with Gasteiger partial charge >= 0.3 is 5.97 Å². The number of nitrogens with zero attached hydrogens (tertiary/aromatic N) is 1. The maximum absolute atomic E-state index is 11.5. The molecule has 1 radical (unpaired) electrons. The zero-order chi connectivity index (χ0) is 15.2. The Bertz CT molecular complexity index is 278. The maximum atomic E-state index is 11.5. The maximum Gasteiger partial charge on any atom is 0.317 e. The molecule has 0 fully saturated rings. The van der Waals surface area contributed by atoms with Crippen LogP contribution in [0, 0.1) is 0 Å². The smallest absolute Gasteiger partial charge is 0.317 e. The van der Waals surface area contributed by atoms with Crippen LogP contribution in [0.25, 0.3) is 0 Å². The van der Waals surface area contributed by atoms with E-state index in [2.05, 4.69) is 12.2 Å². The number of aliphatic carboxylic acids is 1. The first-order chi connectivity index (χ1) is 9.60. The number of hydrogen-bond acceptors (Lipinski definition) is 4. The monoisotopic (exact) mass is 311 g/mol. The molecule has 0 aromatic rings. The van der Waals surface area contributed by atoms with E-state index in [4.69, 9.17) is 10.2 Å². The van der Waals surface area contributed by atoms with Crippen LogP contribution in [0.2, 0.25) is 0 Å². The van der Waals surface area contributed by atoms with E-state index < -0.39 is 5.97 Å². The summed E-state index contributed by atoms with van der Waals surface area (Å²) in [5.41, 5.74) is 0. The second-order valence-electron chi connectivity index (χ2n) is 4.91. The predicted molar refractivity (Wildman–Crippen MR) is 83.3 cm³/mol. The number of carboxylic acids is 1. The number of nitrogens with one attached hydrogen (secondary N) is 1. The molecule has 0 heterocycles. The minimum atomic E-state index is -0.930. The van der Waals surface area contributed by atoms with Crippen molar-refractivity contribution in [3.05, 3.63) is 0 Å². The van der Waals surface area contributed by atoms with Crippen LogP contribution >= 0.6 is 0 Å². The summed E-state index contributed by atoms with van der Waals surface area (Å²) in [5, 5.41) is 20.3. The first-order valence-electron chi connectivity index (χ1n) is 7.41. The molecule has 0 aliphatic heterocycles. The fraction of sp³-hybridized carbons (Fsp3) is 0.857. The Morgan fingerprint density at radius 2 is 1.76 bits per heavy atom. The van der Waals surface area contributed by atoms with E-state index in [0.29, 0.717) is 26.1 Å². The zero-order valence-electron chi connectivity index (χ0n) is 13.4. The molecular formula is C14H28N2NaO4. The SMILES string of the molecule is CCCCCCCC(=O)NCCN(CCO)CC(=O)O.[Na]. The zero-order valence-corrected chi connectivity index (χ0v) is 15.4. The molecule has 0 aromatic carbocycles. The molecular weight excluding hydrogens is 283 g/mol. The molecule has 6 nitrogen and oxygen atoms in total. The largest absolute Gasteiger partial charge is 0.480 e. The Balaban J connectivity index is 0. The van der Waals surface area contributed by atoms with Gasteiger partial charge in [0.25, 0.3) is 0 Å². The summed E-state index contributed by atoms with van der Waals surface area (Å²) in [7, 11) is 0. The first kappa shape index (κ1) is 23.1. The number of carbonyl (C=O) groups excluding carboxylic acids is 1. The van der Waals surface area contributed by atoms with Gasteiger partial charge in [-0.15, -0.1) is 0 Å². The summed E-state index contributed by atoms with van der Waals surface area (Å²) in [5.74, 6) is -0.915. The van der Waals surface area contributed by atoms with Gasteiger partial charge < -0.3 is 15.5 Å². The molecule has 0 atom stereocenters. The average Bonchev–Trinajstić information content (AvgIpc) is 2.38. The molecule has 0 spiro atoms. The van der Waals surface area contributed by atoms with Crippen LogP contribution in [0.4, 0.5) is 0 Å². The second-order valence-corrected chi connectivity index (χ2v) is 4.91. The van der Waals surface area contributed by atoms with E-state index >= 15 is 0 Å². The van der Waals surface area contributed by atoms with Crippen LogP contribution in [0.1, 0.15) is 45.4 Å². The van der Waals surface area contributed by atoms with Gasteiger partial charge in [0.1, 0.15) is 0 Å². The van der Waals surface area contributed by atoms with Crippen molar-refractivity contribution in [2.75, 3.05) is 32.8 Å². The number of amides is 1. The Labute approximate surface area is 149 Å². The number of hydrogen-bond donors (Lipinski definition) is 3. The molecule has 0 rings (SSSR count). The molecule has 21 heavy (non-hydrogen) atoms. The molecule has 0 saturated heterocycles. The molecule has 3 N–H and O–H groups in total. The van der Waals surface area contributed by atoms with E-state index in [1.54, 1.807) is 4.90 Å². The van der Waals surface area contributed by atoms with Gasteiger partial charge in [-0.1, -0.05) is 32.6 Å². The minimum Gasteiger partial charge on any atom is -0.480 e. The van der Waals surface area contributed by atoms with Gasteiger partial charge in [0.05, 0.1) is 13.2 Å². The molecule has 0 bridgehead atoms. The Hall–Kier alpha value is -0.140. The van der Waals surface area contributed by atoms with Gasteiger partial charge in [0, 0.05) is 55.6 Å². The summed E-state index contributed by atoms with van der Waals surface area (Å²) in [6, 6.07) is 0. The molecule has 0 aliphatic carbocycles. The van der Waals surface area contributed by atoms with Crippen molar-refractivity contribution >= 4 is 41.4 Å². The Kier molecular flexibility index (Phi) is 17.9. The molecule has 0 aliphatic rings. The van der Waals surface area contributed by atoms with Crippen LogP contribution in [-0.4, -0.2) is 89.3 Å². The second kappa shape index (κ2) is 16.2. The van der Waals surface area contributed by atoms with Gasteiger partial charge in [0.2, 0.25) is 5.91 Å². The molecule has 0 aromatic heterocycles. The van der Waals surface area contributed by atoms with Crippen molar-refractivity contribution in [1.82, 2.24) is 10.2 Å². The number of unbranched alkanes of at least 4 members (excludes halogenated alkanes) is 4. The van der Waals surface area contributed by atoms with Gasteiger partial charge in [-0.3, -0.25) is 14.5 Å². The summed E-state index contributed by atoms with van der Waals surface area (Å²) in [4.78, 5) is 23.7. The normalized spacial score (nSPS) is 10.2. The number of rotatable bonds is 13. The van der Waals surface area contributed by atoms with E-state index in [-0.39, 0.29) is 48.6 Å². The third kappa shape index (κ3) is 16.1. The van der Waals surface area contributed by atoms with Crippen molar-refractivity contribution in [1.29, 1.82) is 0 Å².